The van der Waals surface area contributed by atoms with E-state index in [1.807, 2.05) is 19.1 Å². The standard InChI is InChI=1S/C28H39FO2/c1-4-6-7-8-9-10-11-12-13-14-23-15-17-24(18-16-23)25-19-20-27(26(29)21-25)31-28(30)22(3)5-2/h15-22H,4-14H2,1-3H3. The van der Waals surface area contributed by atoms with Crippen molar-refractivity contribution in [3.63, 3.8) is 0 Å². The highest BCUT2D eigenvalue weighted by Gasteiger charge is 2.16. The summed E-state index contributed by atoms with van der Waals surface area (Å²) < 4.78 is 19.6. The maximum atomic E-state index is 14.4. The molecule has 0 aromatic heterocycles. The highest BCUT2D eigenvalue weighted by Crippen LogP contribution is 2.27. The van der Waals surface area contributed by atoms with Gasteiger partial charge in [-0.15, -0.1) is 0 Å². The molecule has 2 rings (SSSR count). The molecule has 0 N–H and O–H groups in total. The predicted molar refractivity (Wildman–Crippen MR) is 128 cm³/mol. The van der Waals surface area contributed by atoms with E-state index in [-0.39, 0.29) is 11.7 Å². The minimum absolute atomic E-state index is 0.00367. The van der Waals surface area contributed by atoms with Gasteiger partial charge in [0, 0.05) is 0 Å². The minimum Gasteiger partial charge on any atom is -0.423 e. The van der Waals surface area contributed by atoms with E-state index >= 15 is 0 Å². The van der Waals surface area contributed by atoms with Gasteiger partial charge >= 0.3 is 5.97 Å². The van der Waals surface area contributed by atoms with Crippen LogP contribution in [0.4, 0.5) is 4.39 Å². The van der Waals surface area contributed by atoms with Crippen molar-refractivity contribution in [3.05, 3.63) is 53.8 Å². The smallest absolute Gasteiger partial charge is 0.314 e. The number of hydrogen-bond acceptors (Lipinski definition) is 2. The van der Waals surface area contributed by atoms with Gasteiger partial charge in [0.1, 0.15) is 0 Å². The first-order valence-electron chi connectivity index (χ1n) is 12.2. The van der Waals surface area contributed by atoms with E-state index in [0.717, 1.165) is 17.5 Å². The van der Waals surface area contributed by atoms with E-state index in [4.69, 9.17) is 4.74 Å². The first-order valence-corrected chi connectivity index (χ1v) is 12.2. The van der Waals surface area contributed by atoms with Crippen LogP contribution in [0.25, 0.3) is 11.1 Å². The van der Waals surface area contributed by atoms with Crippen LogP contribution in [0.15, 0.2) is 42.5 Å². The molecule has 1 atom stereocenters. The van der Waals surface area contributed by atoms with Crippen LogP contribution in [0, 0.1) is 11.7 Å². The summed E-state index contributed by atoms with van der Waals surface area (Å²) in [6, 6.07) is 13.1. The quantitative estimate of drug-likeness (QED) is 0.172. The lowest BCUT2D eigenvalue weighted by Gasteiger charge is -2.11. The molecule has 0 saturated heterocycles. The van der Waals surface area contributed by atoms with E-state index in [1.165, 1.54) is 69.4 Å². The van der Waals surface area contributed by atoms with Crippen LogP contribution in [0.3, 0.4) is 0 Å². The van der Waals surface area contributed by atoms with E-state index in [1.54, 1.807) is 19.1 Å². The number of aryl methyl sites for hydroxylation is 1. The maximum Gasteiger partial charge on any atom is 0.314 e. The number of carbonyl (C=O) groups excluding carboxylic acids is 1. The summed E-state index contributed by atoms with van der Waals surface area (Å²) in [4.78, 5) is 11.9. The zero-order chi connectivity index (χ0) is 22.5. The number of halogens is 1. The first kappa shape index (κ1) is 25.1. The molecule has 0 fully saturated rings. The molecule has 2 nitrogen and oxygen atoms in total. The molecule has 2 aromatic carbocycles. The van der Waals surface area contributed by atoms with Crippen molar-refractivity contribution >= 4 is 5.97 Å². The Hall–Kier alpha value is -2.16. The summed E-state index contributed by atoms with van der Waals surface area (Å²) >= 11 is 0. The second kappa shape index (κ2) is 14.0. The second-order valence-electron chi connectivity index (χ2n) is 8.65. The zero-order valence-electron chi connectivity index (χ0n) is 19.6. The molecule has 0 aliphatic heterocycles. The zero-order valence-corrected chi connectivity index (χ0v) is 19.6. The number of benzene rings is 2. The third-order valence-electron chi connectivity index (χ3n) is 6.01. The number of hydrogen-bond donors (Lipinski definition) is 0. The van der Waals surface area contributed by atoms with Gasteiger partial charge in [0.25, 0.3) is 0 Å². The van der Waals surface area contributed by atoms with Crippen LogP contribution >= 0.6 is 0 Å². The van der Waals surface area contributed by atoms with Gasteiger partial charge in [0.15, 0.2) is 11.6 Å². The van der Waals surface area contributed by atoms with Crippen LogP contribution in [0.1, 0.15) is 90.5 Å². The fourth-order valence-electron chi connectivity index (χ4n) is 3.64. The molecule has 2 aromatic rings. The van der Waals surface area contributed by atoms with E-state index in [2.05, 4.69) is 19.1 Å². The van der Waals surface area contributed by atoms with Crippen molar-refractivity contribution in [1.82, 2.24) is 0 Å². The van der Waals surface area contributed by atoms with Crippen molar-refractivity contribution < 1.29 is 13.9 Å². The molecule has 0 amide bonds. The van der Waals surface area contributed by atoms with Crippen molar-refractivity contribution in [2.24, 2.45) is 5.92 Å². The number of rotatable bonds is 14. The number of esters is 1. The van der Waals surface area contributed by atoms with Gasteiger partial charge in [-0.05, 0) is 48.1 Å². The SMILES string of the molecule is CCCCCCCCCCCc1ccc(-c2ccc(OC(=O)C(C)CC)c(F)c2)cc1. The lowest BCUT2D eigenvalue weighted by Crippen LogP contribution is -2.17. The molecule has 0 spiro atoms. The minimum atomic E-state index is -0.507. The van der Waals surface area contributed by atoms with Crippen molar-refractivity contribution in [2.45, 2.75) is 91.4 Å². The van der Waals surface area contributed by atoms with E-state index in [0.29, 0.717) is 6.42 Å². The molecular formula is C28H39FO2. The highest BCUT2D eigenvalue weighted by atomic mass is 19.1. The molecule has 31 heavy (non-hydrogen) atoms. The largest absolute Gasteiger partial charge is 0.423 e. The summed E-state index contributed by atoms with van der Waals surface area (Å²) in [5.41, 5.74) is 3.08. The molecule has 0 aliphatic rings. The van der Waals surface area contributed by atoms with Crippen LogP contribution in [0.5, 0.6) is 5.75 Å². The topological polar surface area (TPSA) is 26.3 Å². The van der Waals surface area contributed by atoms with Crippen LogP contribution in [0.2, 0.25) is 0 Å². The molecule has 0 heterocycles. The Morgan fingerprint density at radius 2 is 1.42 bits per heavy atom. The third-order valence-corrected chi connectivity index (χ3v) is 6.01. The van der Waals surface area contributed by atoms with Gasteiger partial charge in [0.2, 0.25) is 0 Å². The fraction of sp³-hybridized carbons (Fsp3) is 0.536. The summed E-state index contributed by atoms with van der Waals surface area (Å²) in [6.07, 6.45) is 13.8. The summed E-state index contributed by atoms with van der Waals surface area (Å²) in [5, 5.41) is 0. The summed E-state index contributed by atoms with van der Waals surface area (Å²) in [6.45, 7) is 5.95. The summed E-state index contributed by atoms with van der Waals surface area (Å²) in [7, 11) is 0. The average molecular weight is 427 g/mol. The number of carbonyl (C=O) groups is 1. The number of ether oxygens (including phenoxy) is 1. The molecule has 0 bridgehead atoms. The van der Waals surface area contributed by atoms with E-state index < -0.39 is 11.8 Å². The van der Waals surface area contributed by atoms with Crippen molar-refractivity contribution in [1.29, 1.82) is 0 Å². The Labute approximate surface area is 188 Å². The van der Waals surface area contributed by atoms with Crippen molar-refractivity contribution in [3.8, 4) is 16.9 Å². The fourth-order valence-corrected chi connectivity index (χ4v) is 3.64. The Morgan fingerprint density at radius 3 is 2.00 bits per heavy atom. The Morgan fingerprint density at radius 1 is 0.839 bits per heavy atom. The molecule has 1 unspecified atom stereocenters. The van der Waals surface area contributed by atoms with Gasteiger partial charge in [-0.3, -0.25) is 4.79 Å². The lowest BCUT2D eigenvalue weighted by atomic mass is 10.0. The van der Waals surface area contributed by atoms with E-state index in [9.17, 15) is 9.18 Å². The van der Waals surface area contributed by atoms with Crippen LogP contribution in [-0.2, 0) is 11.2 Å². The van der Waals surface area contributed by atoms with Gasteiger partial charge in [-0.2, -0.15) is 0 Å². The van der Waals surface area contributed by atoms with Gasteiger partial charge < -0.3 is 4.74 Å². The molecule has 0 aliphatic carbocycles. The summed E-state index contributed by atoms with van der Waals surface area (Å²) in [5.74, 6) is -1.14. The van der Waals surface area contributed by atoms with Crippen LogP contribution < -0.4 is 4.74 Å². The maximum absolute atomic E-state index is 14.4. The molecular weight excluding hydrogens is 387 g/mol. The molecule has 3 heteroatoms. The van der Waals surface area contributed by atoms with Gasteiger partial charge in [-0.25, -0.2) is 4.39 Å². The monoisotopic (exact) mass is 426 g/mol. The molecule has 0 saturated carbocycles. The highest BCUT2D eigenvalue weighted by molar-refractivity contribution is 5.75. The Kier molecular flexibility index (Phi) is 11.3. The van der Waals surface area contributed by atoms with Crippen LogP contribution in [-0.4, -0.2) is 5.97 Å². The second-order valence-corrected chi connectivity index (χ2v) is 8.65. The Balaban J connectivity index is 1.78. The number of unbranched alkanes of at least 4 members (excludes halogenated alkanes) is 8. The first-order chi connectivity index (χ1) is 15.0. The normalized spacial score (nSPS) is 12.0. The predicted octanol–water partition coefficient (Wildman–Crippen LogP) is 8.52. The van der Waals surface area contributed by atoms with Crippen molar-refractivity contribution in [2.75, 3.05) is 0 Å². The molecule has 170 valence electrons. The Bertz CT molecular complexity index is 782. The third kappa shape index (κ3) is 8.85. The lowest BCUT2D eigenvalue weighted by molar-refractivity contribution is -0.138. The van der Waals surface area contributed by atoms with Gasteiger partial charge in [0.05, 0.1) is 5.92 Å². The van der Waals surface area contributed by atoms with Gasteiger partial charge in [-0.1, -0.05) is 102 Å². The average Bonchev–Trinajstić information content (AvgIpc) is 2.79. The molecule has 0 radical (unpaired) electrons.